The minimum atomic E-state index is -1.03. The van der Waals surface area contributed by atoms with Gasteiger partial charge < -0.3 is 10.0 Å². The summed E-state index contributed by atoms with van der Waals surface area (Å²) in [6, 6.07) is 9.72. The van der Waals surface area contributed by atoms with Crippen molar-refractivity contribution in [1.82, 2.24) is 4.90 Å². The first-order valence-electron chi connectivity index (χ1n) is 8.74. The van der Waals surface area contributed by atoms with E-state index in [-0.39, 0.29) is 23.2 Å². The van der Waals surface area contributed by atoms with Crippen LogP contribution in [0.2, 0.25) is 0 Å². The summed E-state index contributed by atoms with van der Waals surface area (Å²) in [5.74, 6) is -3.17. The number of benzene rings is 2. The standard InChI is InChI=1S/C21H19F2NO3/c1-2-3-12-24-18(15-6-4-5-7-16(15)23)17(20(26)21(24)27)19(25)13-8-10-14(22)11-9-13/h4-11,18,25H,2-3,12H2,1H3/b19-17-. The van der Waals surface area contributed by atoms with Crippen LogP contribution < -0.4 is 0 Å². The fourth-order valence-electron chi connectivity index (χ4n) is 3.22. The van der Waals surface area contributed by atoms with E-state index in [1.807, 2.05) is 6.92 Å². The van der Waals surface area contributed by atoms with Crippen LogP contribution in [0.3, 0.4) is 0 Å². The Balaban J connectivity index is 2.18. The molecule has 0 aliphatic carbocycles. The van der Waals surface area contributed by atoms with E-state index < -0.39 is 35.1 Å². The molecule has 1 N–H and O–H groups in total. The molecule has 6 heteroatoms. The number of amides is 1. The number of hydrogen-bond acceptors (Lipinski definition) is 3. The van der Waals surface area contributed by atoms with Crippen molar-refractivity contribution < 1.29 is 23.5 Å². The van der Waals surface area contributed by atoms with Gasteiger partial charge in [0.1, 0.15) is 17.4 Å². The highest BCUT2D eigenvalue weighted by Gasteiger charge is 2.46. The van der Waals surface area contributed by atoms with Gasteiger partial charge in [-0.05, 0) is 36.8 Å². The minimum Gasteiger partial charge on any atom is -0.507 e. The molecule has 1 saturated heterocycles. The molecule has 1 unspecified atom stereocenters. The van der Waals surface area contributed by atoms with E-state index in [1.165, 1.54) is 35.2 Å². The third-order valence-electron chi connectivity index (χ3n) is 4.61. The normalized spacial score (nSPS) is 18.9. The summed E-state index contributed by atoms with van der Waals surface area (Å²) >= 11 is 0. The van der Waals surface area contributed by atoms with Crippen molar-refractivity contribution in [3.05, 3.63) is 76.9 Å². The Bertz CT molecular complexity index is 906. The zero-order valence-corrected chi connectivity index (χ0v) is 14.8. The number of hydrogen-bond donors (Lipinski definition) is 1. The minimum absolute atomic E-state index is 0.136. The number of Topliss-reactive ketones (excluding diaryl/α,β-unsaturated/α-hetero) is 1. The molecular weight excluding hydrogens is 352 g/mol. The second-order valence-electron chi connectivity index (χ2n) is 6.37. The van der Waals surface area contributed by atoms with Gasteiger partial charge in [-0.1, -0.05) is 31.5 Å². The summed E-state index contributed by atoms with van der Waals surface area (Å²) in [4.78, 5) is 26.5. The molecule has 1 amide bonds. The highest BCUT2D eigenvalue weighted by molar-refractivity contribution is 6.46. The molecule has 2 aromatic rings. The number of nitrogens with zero attached hydrogens (tertiary/aromatic N) is 1. The van der Waals surface area contributed by atoms with Crippen LogP contribution in [0, 0.1) is 11.6 Å². The lowest BCUT2D eigenvalue weighted by molar-refractivity contribution is -0.139. The van der Waals surface area contributed by atoms with Gasteiger partial charge in [-0.25, -0.2) is 8.78 Å². The van der Waals surface area contributed by atoms with Crippen molar-refractivity contribution in [3.63, 3.8) is 0 Å². The summed E-state index contributed by atoms with van der Waals surface area (Å²) in [6.07, 6.45) is 1.42. The second-order valence-corrected chi connectivity index (χ2v) is 6.37. The van der Waals surface area contributed by atoms with Crippen molar-refractivity contribution >= 4 is 17.4 Å². The molecule has 1 aliphatic rings. The number of aliphatic hydroxyl groups is 1. The molecule has 0 aromatic heterocycles. The van der Waals surface area contributed by atoms with Crippen LogP contribution >= 0.6 is 0 Å². The van der Waals surface area contributed by atoms with Gasteiger partial charge >= 0.3 is 0 Å². The smallest absolute Gasteiger partial charge is 0.295 e. The summed E-state index contributed by atoms with van der Waals surface area (Å²) in [7, 11) is 0. The Hall–Kier alpha value is -3.02. The first-order valence-corrected chi connectivity index (χ1v) is 8.74. The van der Waals surface area contributed by atoms with Crippen LogP contribution in [0.15, 0.2) is 54.1 Å². The fourth-order valence-corrected chi connectivity index (χ4v) is 3.22. The van der Waals surface area contributed by atoms with Gasteiger partial charge in [0, 0.05) is 17.7 Å². The van der Waals surface area contributed by atoms with E-state index in [2.05, 4.69) is 0 Å². The van der Waals surface area contributed by atoms with Crippen molar-refractivity contribution in [2.75, 3.05) is 6.54 Å². The zero-order chi connectivity index (χ0) is 19.6. The molecule has 2 aromatic carbocycles. The van der Waals surface area contributed by atoms with Gasteiger partial charge in [0.2, 0.25) is 0 Å². The third kappa shape index (κ3) is 3.47. The van der Waals surface area contributed by atoms with Crippen LogP contribution in [0.25, 0.3) is 5.76 Å². The van der Waals surface area contributed by atoms with Crippen LogP contribution in [0.4, 0.5) is 8.78 Å². The van der Waals surface area contributed by atoms with Crippen LogP contribution in [0.5, 0.6) is 0 Å². The van der Waals surface area contributed by atoms with E-state index in [1.54, 1.807) is 6.07 Å². The SMILES string of the molecule is CCCCN1C(=O)C(=O)/C(=C(\O)c2ccc(F)cc2)C1c1ccccc1F. The summed E-state index contributed by atoms with van der Waals surface area (Å²) < 4.78 is 27.7. The highest BCUT2D eigenvalue weighted by Crippen LogP contribution is 2.40. The Morgan fingerprint density at radius 1 is 1.07 bits per heavy atom. The van der Waals surface area contributed by atoms with Gasteiger partial charge in [0.05, 0.1) is 11.6 Å². The molecule has 1 aliphatic heterocycles. The number of carbonyl (C=O) groups is 2. The van der Waals surface area contributed by atoms with Crippen molar-refractivity contribution in [1.29, 1.82) is 0 Å². The quantitative estimate of drug-likeness (QED) is 0.487. The third-order valence-corrected chi connectivity index (χ3v) is 4.61. The van der Waals surface area contributed by atoms with E-state index in [0.717, 1.165) is 18.6 Å². The second kappa shape index (κ2) is 7.70. The lowest BCUT2D eigenvalue weighted by Gasteiger charge is -2.25. The molecule has 140 valence electrons. The predicted octanol–water partition coefficient (Wildman–Crippen LogP) is 4.19. The molecule has 0 bridgehead atoms. The summed E-state index contributed by atoms with van der Waals surface area (Å²) in [6.45, 7) is 2.20. The van der Waals surface area contributed by atoms with Crippen molar-refractivity contribution in [2.45, 2.75) is 25.8 Å². The fraction of sp³-hybridized carbons (Fsp3) is 0.238. The Morgan fingerprint density at radius 2 is 1.74 bits per heavy atom. The lowest BCUT2D eigenvalue weighted by Crippen LogP contribution is -2.31. The maximum atomic E-state index is 14.5. The summed E-state index contributed by atoms with van der Waals surface area (Å²) in [5, 5.41) is 10.7. The van der Waals surface area contributed by atoms with Gasteiger partial charge in [-0.15, -0.1) is 0 Å². The Morgan fingerprint density at radius 3 is 2.37 bits per heavy atom. The molecule has 1 heterocycles. The lowest BCUT2D eigenvalue weighted by atomic mass is 9.95. The van der Waals surface area contributed by atoms with E-state index in [4.69, 9.17) is 0 Å². The van der Waals surface area contributed by atoms with Gasteiger partial charge in [-0.2, -0.15) is 0 Å². The van der Waals surface area contributed by atoms with Crippen LogP contribution in [0.1, 0.15) is 36.9 Å². The first-order chi connectivity index (χ1) is 13.0. The monoisotopic (exact) mass is 371 g/mol. The molecule has 0 spiro atoms. The molecule has 1 atom stereocenters. The number of unbranched alkanes of at least 4 members (excludes halogenated alkanes) is 1. The molecule has 0 radical (unpaired) electrons. The van der Waals surface area contributed by atoms with Crippen LogP contribution in [-0.4, -0.2) is 28.2 Å². The topological polar surface area (TPSA) is 57.6 Å². The number of halogens is 2. The number of carbonyl (C=O) groups excluding carboxylic acids is 2. The van der Waals surface area contributed by atoms with Crippen molar-refractivity contribution in [3.8, 4) is 0 Å². The number of likely N-dealkylation sites (tertiary alicyclic amines) is 1. The van der Waals surface area contributed by atoms with Gasteiger partial charge in [-0.3, -0.25) is 9.59 Å². The average Bonchev–Trinajstić information content (AvgIpc) is 2.91. The van der Waals surface area contributed by atoms with Crippen molar-refractivity contribution in [2.24, 2.45) is 0 Å². The predicted molar refractivity (Wildman–Crippen MR) is 96.7 cm³/mol. The molecular formula is C21H19F2NO3. The Labute approximate surface area is 155 Å². The molecule has 4 nitrogen and oxygen atoms in total. The number of aliphatic hydroxyl groups excluding tert-OH is 1. The van der Waals surface area contributed by atoms with Crippen LogP contribution in [-0.2, 0) is 9.59 Å². The Kier molecular flexibility index (Phi) is 5.35. The molecule has 27 heavy (non-hydrogen) atoms. The molecule has 3 rings (SSSR count). The maximum absolute atomic E-state index is 14.5. The first kappa shape index (κ1) is 18.8. The average molecular weight is 371 g/mol. The van der Waals surface area contributed by atoms with Gasteiger partial charge in [0.15, 0.2) is 0 Å². The van der Waals surface area contributed by atoms with Gasteiger partial charge in [0.25, 0.3) is 11.7 Å². The molecule has 1 fully saturated rings. The maximum Gasteiger partial charge on any atom is 0.295 e. The largest absolute Gasteiger partial charge is 0.507 e. The number of rotatable bonds is 5. The summed E-state index contributed by atoms with van der Waals surface area (Å²) in [5.41, 5.74) is 0.135. The van der Waals surface area contributed by atoms with E-state index >= 15 is 0 Å². The molecule has 0 saturated carbocycles. The van der Waals surface area contributed by atoms with E-state index in [9.17, 15) is 23.5 Å². The zero-order valence-electron chi connectivity index (χ0n) is 14.8. The van der Waals surface area contributed by atoms with E-state index in [0.29, 0.717) is 6.42 Å². The number of ketones is 1. The highest BCUT2D eigenvalue weighted by atomic mass is 19.1.